The normalized spacial score (nSPS) is 10.1. The molecule has 0 aliphatic rings. The monoisotopic (exact) mass is 220 g/mol. The number of unbranched alkanes of at least 4 members (excludes halogenated alkanes) is 1. The van der Waals surface area contributed by atoms with E-state index in [2.05, 4.69) is 17.1 Å². The molecule has 0 spiro atoms. The molecule has 0 atom stereocenters. The number of rotatable bonds is 4. The van der Waals surface area contributed by atoms with Gasteiger partial charge in [0.05, 0.1) is 12.8 Å². The van der Waals surface area contributed by atoms with Crippen molar-refractivity contribution in [2.45, 2.75) is 19.8 Å². The Bertz CT molecular complexity index is 281. The highest BCUT2D eigenvalue weighted by atomic mass is 35.5. The van der Waals surface area contributed by atoms with Crippen LogP contribution in [0.5, 0.6) is 5.75 Å². The fourth-order valence-electron chi connectivity index (χ4n) is 0.761. The minimum atomic E-state index is 0.177. The fourth-order valence-corrected chi connectivity index (χ4v) is 1.04. The van der Waals surface area contributed by atoms with Gasteiger partial charge in [-0.1, -0.05) is 36.5 Å². The smallest absolute Gasteiger partial charge is 0.174 e. The van der Waals surface area contributed by atoms with E-state index in [1.807, 2.05) is 0 Å². The SMILES string of the molecule is CCCCOc1cnnc(Cl)c1Cl. The van der Waals surface area contributed by atoms with Crippen LogP contribution in [0.15, 0.2) is 6.20 Å². The fraction of sp³-hybridized carbons (Fsp3) is 0.500. The molecule has 0 fully saturated rings. The summed E-state index contributed by atoms with van der Waals surface area (Å²) in [6.07, 6.45) is 3.52. The maximum absolute atomic E-state index is 5.81. The van der Waals surface area contributed by atoms with Crippen molar-refractivity contribution in [3.8, 4) is 5.75 Å². The Kier molecular flexibility index (Phi) is 4.25. The van der Waals surface area contributed by atoms with Gasteiger partial charge in [-0.15, -0.1) is 5.10 Å². The zero-order chi connectivity index (χ0) is 9.68. The van der Waals surface area contributed by atoms with Crippen molar-refractivity contribution in [1.29, 1.82) is 0 Å². The molecule has 5 heteroatoms. The number of ether oxygens (including phenoxy) is 1. The number of nitrogens with zero attached hydrogens (tertiary/aromatic N) is 2. The van der Waals surface area contributed by atoms with Gasteiger partial charge in [0.25, 0.3) is 0 Å². The van der Waals surface area contributed by atoms with Crippen LogP contribution in [0.3, 0.4) is 0 Å². The van der Waals surface area contributed by atoms with E-state index in [4.69, 9.17) is 27.9 Å². The van der Waals surface area contributed by atoms with Crippen molar-refractivity contribution in [1.82, 2.24) is 10.2 Å². The Labute approximate surface area is 87.0 Å². The van der Waals surface area contributed by atoms with Crippen LogP contribution in [0.25, 0.3) is 0 Å². The highest BCUT2D eigenvalue weighted by Crippen LogP contribution is 2.28. The van der Waals surface area contributed by atoms with E-state index in [0.717, 1.165) is 12.8 Å². The first-order valence-corrected chi connectivity index (χ1v) is 4.80. The molecule has 0 aliphatic carbocycles. The van der Waals surface area contributed by atoms with Gasteiger partial charge in [0, 0.05) is 0 Å². The van der Waals surface area contributed by atoms with E-state index in [0.29, 0.717) is 17.4 Å². The molecule has 13 heavy (non-hydrogen) atoms. The van der Waals surface area contributed by atoms with E-state index in [1.54, 1.807) is 0 Å². The Hall–Kier alpha value is -0.540. The Morgan fingerprint density at radius 1 is 1.46 bits per heavy atom. The molecule has 1 heterocycles. The van der Waals surface area contributed by atoms with Crippen LogP contribution < -0.4 is 4.74 Å². The Morgan fingerprint density at radius 3 is 2.92 bits per heavy atom. The summed E-state index contributed by atoms with van der Waals surface area (Å²) in [6, 6.07) is 0. The van der Waals surface area contributed by atoms with Gasteiger partial charge in [0.2, 0.25) is 0 Å². The maximum Gasteiger partial charge on any atom is 0.174 e. The van der Waals surface area contributed by atoms with Gasteiger partial charge < -0.3 is 4.74 Å². The van der Waals surface area contributed by atoms with Gasteiger partial charge in [-0.05, 0) is 6.42 Å². The molecule has 0 bridgehead atoms. The summed E-state index contributed by atoms with van der Waals surface area (Å²) in [7, 11) is 0. The Balaban J connectivity index is 2.61. The molecule has 1 aromatic rings. The molecule has 0 radical (unpaired) electrons. The molecule has 0 aliphatic heterocycles. The van der Waals surface area contributed by atoms with Crippen LogP contribution in [0.4, 0.5) is 0 Å². The maximum atomic E-state index is 5.81. The molecule has 0 aromatic carbocycles. The van der Waals surface area contributed by atoms with E-state index in [9.17, 15) is 0 Å². The van der Waals surface area contributed by atoms with Crippen LogP contribution in [-0.4, -0.2) is 16.8 Å². The minimum absolute atomic E-state index is 0.177. The van der Waals surface area contributed by atoms with E-state index in [-0.39, 0.29) is 5.15 Å². The largest absolute Gasteiger partial charge is 0.490 e. The van der Waals surface area contributed by atoms with E-state index >= 15 is 0 Å². The van der Waals surface area contributed by atoms with Gasteiger partial charge in [-0.3, -0.25) is 0 Å². The summed E-state index contributed by atoms with van der Waals surface area (Å²) in [5.74, 6) is 0.495. The molecule has 0 amide bonds. The van der Waals surface area contributed by atoms with Crippen LogP contribution in [0.2, 0.25) is 10.2 Å². The second kappa shape index (κ2) is 5.25. The molecule has 0 saturated carbocycles. The molecule has 0 N–H and O–H groups in total. The average Bonchev–Trinajstić information content (AvgIpc) is 2.13. The first-order valence-electron chi connectivity index (χ1n) is 4.05. The standard InChI is InChI=1S/C8H10Cl2N2O/c1-2-3-4-13-6-5-11-12-8(10)7(6)9/h5H,2-4H2,1H3. The van der Waals surface area contributed by atoms with Crippen molar-refractivity contribution < 1.29 is 4.74 Å². The van der Waals surface area contributed by atoms with Crippen LogP contribution >= 0.6 is 23.2 Å². The van der Waals surface area contributed by atoms with Crippen molar-refractivity contribution in [2.75, 3.05) is 6.61 Å². The minimum Gasteiger partial charge on any atom is -0.490 e. The summed E-state index contributed by atoms with van der Waals surface area (Å²) >= 11 is 11.5. The van der Waals surface area contributed by atoms with Crippen LogP contribution in [-0.2, 0) is 0 Å². The molecule has 3 nitrogen and oxygen atoms in total. The molecule has 0 unspecified atom stereocenters. The lowest BCUT2D eigenvalue weighted by Gasteiger charge is -2.05. The van der Waals surface area contributed by atoms with Crippen LogP contribution in [0, 0.1) is 0 Å². The summed E-state index contributed by atoms with van der Waals surface area (Å²) < 4.78 is 5.34. The number of hydrogen-bond acceptors (Lipinski definition) is 3. The predicted octanol–water partition coefficient (Wildman–Crippen LogP) is 2.96. The van der Waals surface area contributed by atoms with Gasteiger partial charge in [0.1, 0.15) is 5.02 Å². The third-order valence-electron chi connectivity index (χ3n) is 1.47. The highest BCUT2D eigenvalue weighted by Gasteiger charge is 2.06. The van der Waals surface area contributed by atoms with Gasteiger partial charge in [-0.2, -0.15) is 5.10 Å². The molecule has 1 rings (SSSR count). The quantitative estimate of drug-likeness (QED) is 0.733. The van der Waals surface area contributed by atoms with Gasteiger partial charge in [-0.25, -0.2) is 0 Å². The third kappa shape index (κ3) is 3.01. The molecule has 72 valence electrons. The Morgan fingerprint density at radius 2 is 2.23 bits per heavy atom. The lowest BCUT2D eigenvalue weighted by molar-refractivity contribution is 0.307. The van der Waals surface area contributed by atoms with Gasteiger partial charge >= 0.3 is 0 Å². The lowest BCUT2D eigenvalue weighted by Crippen LogP contribution is -1.98. The summed E-state index contributed by atoms with van der Waals surface area (Å²) in [5.41, 5.74) is 0. The second-order valence-corrected chi connectivity index (χ2v) is 3.25. The summed E-state index contributed by atoms with van der Waals surface area (Å²) in [5, 5.41) is 7.71. The van der Waals surface area contributed by atoms with E-state index < -0.39 is 0 Å². The molecule has 0 saturated heterocycles. The van der Waals surface area contributed by atoms with Crippen molar-refractivity contribution in [3.05, 3.63) is 16.4 Å². The van der Waals surface area contributed by atoms with Crippen molar-refractivity contribution in [2.24, 2.45) is 0 Å². The van der Waals surface area contributed by atoms with E-state index in [1.165, 1.54) is 6.20 Å². The number of halogens is 2. The summed E-state index contributed by atoms with van der Waals surface area (Å²) in [6.45, 7) is 2.71. The topological polar surface area (TPSA) is 35.0 Å². The number of hydrogen-bond donors (Lipinski definition) is 0. The first kappa shape index (κ1) is 10.5. The predicted molar refractivity (Wildman–Crippen MR) is 52.5 cm³/mol. The molecule has 1 aromatic heterocycles. The molecular formula is C8H10Cl2N2O. The molecular weight excluding hydrogens is 211 g/mol. The number of aromatic nitrogens is 2. The van der Waals surface area contributed by atoms with Crippen molar-refractivity contribution >= 4 is 23.2 Å². The lowest BCUT2D eigenvalue weighted by atomic mass is 10.4. The van der Waals surface area contributed by atoms with Crippen LogP contribution in [0.1, 0.15) is 19.8 Å². The average molecular weight is 221 g/mol. The second-order valence-electron chi connectivity index (χ2n) is 2.52. The highest BCUT2D eigenvalue weighted by molar-refractivity contribution is 6.42. The zero-order valence-electron chi connectivity index (χ0n) is 7.26. The summed E-state index contributed by atoms with van der Waals surface area (Å²) in [4.78, 5) is 0. The third-order valence-corrected chi connectivity index (χ3v) is 2.20. The van der Waals surface area contributed by atoms with Gasteiger partial charge in [0.15, 0.2) is 10.9 Å². The zero-order valence-corrected chi connectivity index (χ0v) is 8.77. The first-order chi connectivity index (χ1) is 6.25. The van der Waals surface area contributed by atoms with Crippen molar-refractivity contribution in [3.63, 3.8) is 0 Å².